The quantitative estimate of drug-likeness (QED) is 0.775. The highest BCUT2D eigenvalue weighted by Crippen LogP contribution is 2.26. The minimum Gasteiger partial charge on any atom is -0.293 e. The third kappa shape index (κ3) is 3.49. The topological polar surface area (TPSA) is 20.3 Å². The molecule has 110 valence electrons. The zero-order valence-corrected chi connectivity index (χ0v) is 13.2. The number of hydrogen-bond acceptors (Lipinski definition) is 2. The third-order valence-corrected chi connectivity index (χ3v) is 4.78. The van der Waals surface area contributed by atoms with E-state index < -0.39 is 0 Å². The van der Waals surface area contributed by atoms with Gasteiger partial charge in [0, 0.05) is 5.56 Å². The van der Waals surface area contributed by atoms with Gasteiger partial charge in [0.1, 0.15) is 0 Å². The molecule has 1 aromatic rings. The second-order valence-corrected chi connectivity index (χ2v) is 6.52. The van der Waals surface area contributed by atoms with Crippen molar-refractivity contribution in [2.24, 2.45) is 11.8 Å². The van der Waals surface area contributed by atoms with Gasteiger partial charge in [0.05, 0.1) is 6.04 Å². The summed E-state index contributed by atoms with van der Waals surface area (Å²) >= 11 is 0. The van der Waals surface area contributed by atoms with Crippen molar-refractivity contribution in [2.45, 2.75) is 46.6 Å². The number of piperidine rings is 1. The fourth-order valence-corrected chi connectivity index (χ4v) is 3.10. The maximum absolute atomic E-state index is 12.5. The van der Waals surface area contributed by atoms with Crippen LogP contribution in [0.1, 0.15) is 49.5 Å². The first kappa shape index (κ1) is 15.2. The molecule has 0 aliphatic carbocycles. The van der Waals surface area contributed by atoms with Gasteiger partial charge in [-0.25, -0.2) is 0 Å². The molecule has 1 fully saturated rings. The predicted molar refractivity (Wildman–Crippen MR) is 84.1 cm³/mol. The first-order chi connectivity index (χ1) is 9.49. The predicted octanol–water partition coefficient (Wildman–Crippen LogP) is 3.93. The Morgan fingerprint density at radius 1 is 1.10 bits per heavy atom. The molecule has 1 atom stereocenters. The number of Topliss-reactive ketones (excluding diaryl/α,β-unsaturated/α-hetero) is 1. The lowest BCUT2D eigenvalue weighted by atomic mass is 9.86. The van der Waals surface area contributed by atoms with Crippen LogP contribution in [0.3, 0.4) is 0 Å². The van der Waals surface area contributed by atoms with E-state index in [0.29, 0.717) is 0 Å². The van der Waals surface area contributed by atoms with E-state index in [1.807, 2.05) is 31.2 Å². The summed E-state index contributed by atoms with van der Waals surface area (Å²) in [5.41, 5.74) is 2.04. The summed E-state index contributed by atoms with van der Waals surface area (Å²) in [6.45, 7) is 10.8. The van der Waals surface area contributed by atoms with Gasteiger partial charge in [-0.15, -0.1) is 0 Å². The monoisotopic (exact) mass is 273 g/mol. The van der Waals surface area contributed by atoms with Gasteiger partial charge in [-0.3, -0.25) is 9.69 Å². The van der Waals surface area contributed by atoms with Crippen LogP contribution in [-0.2, 0) is 0 Å². The SMILES string of the molecule is Cc1ccc(C(=O)C(C)N2CCC(C(C)C)CC2)cc1. The molecular weight excluding hydrogens is 246 g/mol. The fourth-order valence-electron chi connectivity index (χ4n) is 3.10. The average molecular weight is 273 g/mol. The van der Waals surface area contributed by atoms with Gasteiger partial charge < -0.3 is 0 Å². The van der Waals surface area contributed by atoms with E-state index in [9.17, 15) is 4.79 Å². The van der Waals surface area contributed by atoms with Crippen LogP contribution >= 0.6 is 0 Å². The van der Waals surface area contributed by atoms with Crippen LogP contribution < -0.4 is 0 Å². The van der Waals surface area contributed by atoms with Crippen molar-refractivity contribution < 1.29 is 4.79 Å². The Labute approximate surface area is 123 Å². The number of benzene rings is 1. The first-order valence-corrected chi connectivity index (χ1v) is 7.84. The third-order valence-electron chi connectivity index (χ3n) is 4.78. The molecule has 0 spiro atoms. The maximum atomic E-state index is 12.5. The molecule has 0 amide bonds. The Bertz CT molecular complexity index is 441. The zero-order chi connectivity index (χ0) is 14.7. The van der Waals surface area contributed by atoms with Gasteiger partial charge >= 0.3 is 0 Å². The molecule has 0 bridgehead atoms. The van der Waals surface area contributed by atoms with Crippen molar-refractivity contribution in [1.82, 2.24) is 4.90 Å². The van der Waals surface area contributed by atoms with Crippen LogP contribution in [0, 0.1) is 18.8 Å². The number of nitrogens with zero attached hydrogens (tertiary/aromatic N) is 1. The van der Waals surface area contributed by atoms with Crippen LogP contribution in [0.25, 0.3) is 0 Å². The molecule has 1 heterocycles. The molecule has 1 aliphatic heterocycles. The fraction of sp³-hybridized carbons (Fsp3) is 0.611. The molecule has 1 unspecified atom stereocenters. The average Bonchev–Trinajstić information content (AvgIpc) is 2.46. The molecule has 20 heavy (non-hydrogen) atoms. The number of hydrogen-bond donors (Lipinski definition) is 0. The number of carbonyl (C=O) groups excluding carboxylic acids is 1. The summed E-state index contributed by atoms with van der Waals surface area (Å²) in [6.07, 6.45) is 2.45. The van der Waals surface area contributed by atoms with Crippen molar-refractivity contribution in [1.29, 1.82) is 0 Å². The first-order valence-electron chi connectivity index (χ1n) is 7.84. The van der Waals surface area contributed by atoms with E-state index in [2.05, 4.69) is 25.7 Å². The molecule has 2 rings (SSSR count). The van der Waals surface area contributed by atoms with Crippen molar-refractivity contribution in [3.63, 3.8) is 0 Å². The van der Waals surface area contributed by atoms with E-state index in [-0.39, 0.29) is 11.8 Å². The van der Waals surface area contributed by atoms with Gasteiger partial charge in [0.15, 0.2) is 5.78 Å². The van der Waals surface area contributed by atoms with E-state index in [1.54, 1.807) is 0 Å². The Balaban J connectivity index is 1.96. The second-order valence-electron chi connectivity index (χ2n) is 6.52. The molecule has 0 saturated carbocycles. The van der Waals surface area contributed by atoms with Crippen molar-refractivity contribution in [3.05, 3.63) is 35.4 Å². The van der Waals surface area contributed by atoms with Crippen LogP contribution in [0.4, 0.5) is 0 Å². The zero-order valence-electron chi connectivity index (χ0n) is 13.2. The van der Waals surface area contributed by atoms with Crippen molar-refractivity contribution in [2.75, 3.05) is 13.1 Å². The summed E-state index contributed by atoms with van der Waals surface area (Å²) < 4.78 is 0. The largest absolute Gasteiger partial charge is 0.293 e. The minimum atomic E-state index is 0.00539. The lowest BCUT2D eigenvalue weighted by molar-refractivity contribution is 0.0743. The molecule has 1 aliphatic rings. The summed E-state index contributed by atoms with van der Waals surface area (Å²) in [4.78, 5) is 14.9. The number of rotatable bonds is 4. The van der Waals surface area contributed by atoms with E-state index in [4.69, 9.17) is 0 Å². The van der Waals surface area contributed by atoms with Crippen LogP contribution in [-0.4, -0.2) is 29.8 Å². The highest BCUT2D eigenvalue weighted by Gasteiger charge is 2.28. The number of ketones is 1. The Morgan fingerprint density at radius 3 is 2.15 bits per heavy atom. The lowest BCUT2D eigenvalue weighted by Crippen LogP contribution is -2.44. The summed E-state index contributed by atoms with van der Waals surface area (Å²) in [5, 5.41) is 0. The van der Waals surface area contributed by atoms with E-state index >= 15 is 0 Å². The molecule has 2 nitrogen and oxygen atoms in total. The van der Waals surface area contributed by atoms with E-state index in [0.717, 1.165) is 30.5 Å². The normalized spacial score (nSPS) is 19.2. The highest BCUT2D eigenvalue weighted by molar-refractivity contribution is 5.99. The number of likely N-dealkylation sites (tertiary alicyclic amines) is 1. The Hall–Kier alpha value is -1.15. The summed E-state index contributed by atoms with van der Waals surface area (Å²) in [6, 6.07) is 7.95. The molecule has 2 heteroatoms. The second kappa shape index (κ2) is 6.53. The van der Waals surface area contributed by atoms with Gasteiger partial charge in [-0.05, 0) is 51.6 Å². The van der Waals surface area contributed by atoms with E-state index in [1.165, 1.54) is 18.4 Å². The van der Waals surface area contributed by atoms with Crippen LogP contribution in [0.2, 0.25) is 0 Å². The van der Waals surface area contributed by atoms with Crippen molar-refractivity contribution in [3.8, 4) is 0 Å². The molecule has 0 aromatic heterocycles. The molecule has 0 N–H and O–H groups in total. The number of carbonyl (C=O) groups is 1. The van der Waals surface area contributed by atoms with Crippen LogP contribution in [0.5, 0.6) is 0 Å². The molecule has 0 radical (unpaired) electrons. The molecule has 1 aromatic carbocycles. The number of aryl methyl sites for hydroxylation is 1. The van der Waals surface area contributed by atoms with Gasteiger partial charge in [-0.2, -0.15) is 0 Å². The minimum absolute atomic E-state index is 0.00539. The summed E-state index contributed by atoms with van der Waals surface area (Å²) in [7, 11) is 0. The molecule has 1 saturated heterocycles. The smallest absolute Gasteiger partial charge is 0.179 e. The molecular formula is C18H27NO. The van der Waals surface area contributed by atoms with Gasteiger partial charge in [0.25, 0.3) is 0 Å². The maximum Gasteiger partial charge on any atom is 0.179 e. The lowest BCUT2D eigenvalue weighted by Gasteiger charge is -2.36. The Kier molecular flexibility index (Phi) is 4.98. The van der Waals surface area contributed by atoms with Crippen molar-refractivity contribution >= 4 is 5.78 Å². The Morgan fingerprint density at radius 2 is 1.65 bits per heavy atom. The van der Waals surface area contributed by atoms with Gasteiger partial charge in [0.2, 0.25) is 0 Å². The summed E-state index contributed by atoms with van der Waals surface area (Å²) in [5.74, 6) is 1.85. The van der Waals surface area contributed by atoms with Gasteiger partial charge in [-0.1, -0.05) is 43.7 Å². The highest BCUT2D eigenvalue weighted by atomic mass is 16.1. The standard InChI is InChI=1S/C18H27NO/c1-13(2)16-9-11-19(12-10-16)15(4)18(20)17-7-5-14(3)6-8-17/h5-8,13,15-16H,9-12H2,1-4H3. The van der Waals surface area contributed by atoms with Crippen LogP contribution in [0.15, 0.2) is 24.3 Å².